The summed E-state index contributed by atoms with van der Waals surface area (Å²) < 4.78 is 40.0. The Bertz CT molecular complexity index is 854. The van der Waals surface area contributed by atoms with Crippen molar-refractivity contribution in [2.75, 3.05) is 5.32 Å². The second-order valence-corrected chi connectivity index (χ2v) is 7.22. The number of nitrogens with one attached hydrogen (secondary N) is 1. The molecule has 3 nitrogen and oxygen atoms in total. The largest absolute Gasteiger partial charge is 0.330 e. The second-order valence-electron chi connectivity index (χ2n) is 7.22. The molecule has 1 aliphatic carbocycles. The summed E-state index contributed by atoms with van der Waals surface area (Å²) >= 11 is 0. The van der Waals surface area contributed by atoms with E-state index in [2.05, 4.69) is 23.5 Å². The number of rotatable bonds is 5. The lowest BCUT2D eigenvalue weighted by atomic mass is 9.89. The summed E-state index contributed by atoms with van der Waals surface area (Å²) in [6, 6.07) is 7.77. The highest BCUT2D eigenvalue weighted by Gasteiger charge is 2.23. The summed E-state index contributed by atoms with van der Waals surface area (Å²) in [6.07, 6.45) is 4.63. The van der Waals surface area contributed by atoms with Crippen molar-refractivity contribution in [2.24, 2.45) is 0 Å². The van der Waals surface area contributed by atoms with Gasteiger partial charge in [0.15, 0.2) is 23.5 Å². The van der Waals surface area contributed by atoms with Crippen LogP contribution in [-0.2, 0) is 17.6 Å². The normalized spacial score (nSPS) is 15.7. The van der Waals surface area contributed by atoms with E-state index in [0.29, 0.717) is 0 Å². The highest BCUT2D eigenvalue weighted by molar-refractivity contribution is 5.93. The van der Waals surface area contributed by atoms with E-state index >= 15 is 0 Å². The predicted molar refractivity (Wildman–Crippen MR) is 97.8 cm³/mol. The molecule has 1 aliphatic rings. The van der Waals surface area contributed by atoms with Gasteiger partial charge in [-0.3, -0.25) is 4.79 Å². The van der Waals surface area contributed by atoms with Crippen LogP contribution in [0, 0.1) is 17.5 Å². The zero-order valence-electron chi connectivity index (χ0n) is 15.5. The number of hydrogen-bond acceptors (Lipinski definition) is 1. The van der Waals surface area contributed by atoms with Gasteiger partial charge in [0.2, 0.25) is 0 Å². The molecule has 2 aromatic rings. The molecule has 0 radical (unpaired) electrons. The molecule has 2 atom stereocenters. The molecular formula is C21H24F3N2O+. The Morgan fingerprint density at radius 1 is 1.00 bits per heavy atom. The van der Waals surface area contributed by atoms with Gasteiger partial charge in [-0.2, -0.15) is 0 Å². The average Bonchev–Trinajstić information content (AvgIpc) is 2.67. The molecule has 0 bridgehead atoms. The Kier molecular flexibility index (Phi) is 5.85. The van der Waals surface area contributed by atoms with Crippen molar-refractivity contribution in [1.29, 1.82) is 0 Å². The van der Waals surface area contributed by atoms with Crippen LogP contribution < -0.4 is 10.6 Å². The van der Waals surface area contributed by atoms with Gasteiger partial charge in [-0.15, -0.1) is 0 Å². The van der Waals surface area contributed by atoms with Gasteiger partial charge in [-0.25, -0.2) is 13.2 Å². The molecule has 0 aliphatic heterocycles. The molecule has 0 unspecified atom stereocenters. The zero-order valence-corrected chi connectivity index (χ0v) is 15.5. The first-order valence-electron chi connectivity index (χ1n) is 9.28. The smallest absolute Gasteiger partial charge is 0.282 e. The fraction of sp³-hybridized carbons (Fsp3) is 0.381. The van der Waals surface area contributed by atoms with E-state index in [1.54, 1.807) is 6.92 Å². The first-order valence-corrected chi connectivity index (χ1v) is 9.28. The van der Waals surface area contributed by atoms with Crippen LogP contribution in [0.2, 0.25) is 0 Å². The second kappa shape index (κ2) is 8.13. The molecule has 3 rings (SSSR count). The molecule has 144 valence electrons. The fourth-order valence-electron chi connectivity index (χ4n) is 3.54. The fourth-order valence-corrected chi connectivity index (χ4v) is 3.54. The first kappa shape index (κ1) is 19.4. The Morgan fingerprint density at radius 2 is 1.70 bits per heavy atom. The number of amides is 1. The van der Waals surface area contributed by atoms with Gasteiger partial charge in [0.05, 0.1) is 5.69 Å². The van der Waals surface area contributed by atoms with Crippen LogP contribution in [0.5, 0.6) is 0 Å². The summed E-state index contributed by atoms with van der Waals surface area (Å²) in [4.78, 5) is 12.3. The summed E-state index contributed by atoms with van der Waals surface area (Å²) in [5, 5.41) is 4.21. The minimum absolute atomic E-state index is 0.0350. The van der Waals surface area contributed by atoms with Crippen LogP contribution >= 0.6 is 0 Å². The first-order chi connectivity index (χ1) is 12.9. The Balaban J connectivity index is 1.65. The number of quaternary nitrogens is 1. The van der Waals surface area contributed by atoms with Gasteiger partial charge in [0.1, 0.15) is 6.04 Å². The van der Waals surface area contributed by atoms with Crippen molar-refractivity contribution in [2.45, 2.75) is 51.6 Å². The predicted octanol–water partition coefficient (Wildman–Crippen LogP) is 3.63. The molecule has 2 aromatic carbocycles. The van der Waals surface area contributed by atoms with Crippen LogP contribution in [0.4, 0.5) is 18.9 Å². The monoisotopic (exact) mass is 377 g/mol. The number of benzene rings is 2. The maximum Gasteiger partial charge on any atom is 0.282 e. The van der Waals surface area contributed by atoms with Gasteiger partial charge in [-0.1, -0.05) is 12.1 Å². The molecule has 1 amide bonds. The van der Waals surface area contributed by atoms with Crippen LogP contribution in [0.15, 0.2) is 30.3 Å². The maximum absolute atomic E-state index is 13.7. The van der Waals surface area contributed by atoms with E-state index in [-0.39, 0.29) is 11.7 Å². The van der Waals surface area contributed by atoms with Crippen molar-refractivity contribution < 1.29 is 23.3 Å². The molecule has 0 saturated carbocycles. The lowest BCUT2D eigenvalue weighted by Crippen LogP contribution is -2.91. The van der Waals surface area contributed by atoms with E-state index in [0.717, 1.165) is 30.5 Å². The van der Waals surface area contributed by atoms with Crippen molar-refractivity contribution in [3.05, 3.63) is 64.5 Å². The van der Waals surface area contributed by atoms with Crippen molar-refractivity contribution in [1.82, 2.24) is 0 Å². The highest BCUT2D eigenvalue weighted by Crippen LogP contribution is 2.24. The topological polar surface area (TPSA) is 45.7 Å². The number of fused-ring (bicyclic) bond motifs is 1. The van der Waals surface area contributed by atoms with Gasteiger partial charge in [0, 0.05) is 5.56 Å². The third-order valence-electron chi connectivity index (χ3n) is 5.18. The number of carbonyl (C=O) groups is 1. The zero-order chi connectivity index (χ0) is 19.6. The molecule has 0 spiro atoms. The number of carbonyl (C=O) groups excluding carboxylic acids is 1. The van der Waals surface area contributed by atoms with E-state index in [1.165, 1.54) is 24.0 Å². The number of halogens is 3. The van der Waals surface area contributed by atoms with Crippen molar-refractivity contribution in [3.8, 4) is 0 Å². The molecule has 0 aromatic heterocycles. The minimum Gasteiger partial charge on any atom is -0.330 e. The van der Waals surface area contributed by atoms with E-state index in [1.807, 2.05) is 12.2 Å². The van der Waals surface area contributed by atoms with Crippen LogP contribution in [0.25, 0.3) is 0 Å². The van der Waals surface area contributed by atoms with E-state index in [9.17, 15) is 18.0 Å². The number of anilines is 1. The van der Waals surface area contributed by atoms with E-state index in [4.69, 9.17) is 0 Å². The average molecular weight is 377 g/mol. The highest BCUT2D eigenvalue weighted by atomic mass is 19.2. The molecule has 6 heteroatoms. The molecule has 0 saturated heterocycles. The van der Waals surface area contributed by atoms with Crippen molar-refractivity contribution >= 4 is 11.6 Å². The third-order valence-corrected chi connectivity index (χ3v) is 5.18. The SMILES string of the molecule is C[C@H]([NH2+][C@H](C)c1ccc2c(c1)CCCC2)C(=O)Nc1ccc(F)c(F)c1F. The van der Waals surface area contributed by atoms with Gasteiger partial charge < -0.3 is 10.6 Å². The standard InChI is InChI=1S/C21H23F3N2O/c1-12(15-8-7-14-5-3-4-6-16(14)11-15)25-13(2)21(27)26-18-10-9-17(22)19(23)20(18)24/h7-13,25H,3-6H2,1-2H3,(H,26,27)/p+1/t12-,13+/m1/s1. The maximum atomic E-state index is 13.7. The molecule has 3 N–H and O–H groups in total. The van der Waals surface area contributed by atoms with Gasteiger partial charge in [0.25, 0.3) is 5.91 Å². The lowest BCUT2D eigenvalue weighted by molar-refractivity contribution is -0.709. The summed E-state index contributed by atoms with van der Waals surface area (Å²) in [5.41, 5.74) is 3.55. The molecule has 0 fully saturated rings. The molecule has 0 heterocycles. The Morgan fingerprint density at radius 3 is 2.44 bits per heavy atom. The van der Waals surface area contributed by atoms with Crippen LogP contribution in [0.1, 0.15) is 49.4 Å². The van der Waals surface area contributed by atoms with Crippen molar-refractivity contribution in [3.63, 3.8) is 0 Å². The third kappa shape index (κ3) is 4.33. The minimum atomic E-state index is -1.59. The summed E-state index contributed by atoms with van der Waals surface area (Å²) in [6.45, 7) is 3.70. The number of aryl methyl sites for hydroxylation is 2. The quantitative estimate of drug-likeness (QED) is 0.768. The van der Waals surface area contributed by atoms with Gasteiger partial charge in [-0.05, 0) is 68.9 Å². The molecular weight excluding hydrogens is 353 g/mol. The number of hydrogen-bond donors (Lipinski definition) is 2. The Labute approximate surface area is 157 Å². The lowest BCUT2D eigenvalue weighted by Gasteiger charge is -2.20. The Hall–Kier alpha value is -2.34. The van der Waals surface area contributed by atoms with Gasteiger partial charge >= 0.3 is 0 Å². The summed E-state index contributed by atoms with van der Waals surface area (Å²) in [5.74, 6) is -4.74. The molecule has 27 heavy (non-hydrogen) atoms. The number of nitrogens with two attached hydrogens (primary N) is 1. The summed E-state index contributed by atoms with van der Waals surface area (Å²) in [7, 11) is 0. The van der Waals surface area contributed by atoms with E-state index < -0.39 is 29.4 Å². The van der Waals surface area contributed by atoms with Crippen LogP contribution in [0.3, 0.4) is 0 Å². The van der Waals surface area contributed by atoms with Crippen LogP contribution in [-0.4, -0.2) is 11.9 Å².